The average Bonchev–Trinajstić information content (AvgIpc) is 2.39. The Bertz CT molecular complexity index is 429. The van der Waals surface area contributed by atoms with Gasteiger partial charge in [-0.2, -0.15) is 0 Å². The number of carbonyl (C=O) groups excluding carboxylic acids is 1. The number of rotatable bonds is 3. The molecule has 1 fully saturated rings. The van der Waals surface area contributed by atoms with Gasteiger partial charge in [-0.1, -0.05) is 23.7 Å². The van der Waals surface area contributed by atoms with Crippen LogP contribution in [0.1, 0.15) is 11.6 Å². The Labute approximate surface area is 124 Å². The third-order valence-corrected chi connectivity index (χ3v) is 3.30. The number of halogens is 2. The summed E-state index contributed by atoms with van der Waals surface area (Å²) in [5, 5.41) is 3.99. The Morgan fingerprint density at radius 3 is 3.05 bits per heavy atom. The first-order valence-electron chi connectivity index (χ1n) is 5.97. The Kier molecular flexibility index (Phi) is 6.58. The van der Waals surface area contributed by atoms with Crippen LogP contribution in [0, 0.1) is 0 Å². The molecule has 1 aromatic rings. The molecule has 0 aliphatic carbocycles. The monoisotopic (exact) mass is 304 g/mol. The highest BCUT2D eigenvalue weighted by atomic mass is 35.5. The maximum atomic E-state index is 12.0. The number of amides is 1. The maximum absolute atomic E-state index is 12.0. The molecule has 0 saturated carbocycles. The van der Waals surface area contributed by atoms with Gasteiger partial charge in [0.25, 0.3) is 0 Å². The molecule has 19 heavy (non-hydrogen) atoms. The summed E-state index contributed by atoms with van der Waals surface area (Å²) in [5.74, 6) is 0.0176. The van der Waals surface area contributed by atoms with Crippen molar-refractivity contribution in [3.63, 3.8) is 0 Å². The topological polar surface area (TPSA) is 41.6 Å². The summed E-state index contributed by atoms with van der Waals surface area (Å²) < 4.78 is 4.93. The molecule has 106 valence electrons. The van der Waals surface area contributed by atoms with Crippen molar-refractivity contribution in [2.24, 2.45) is 0 Å². The summed E-state index contributed by atoms with van der Waals surface area (Å²) in [6.45, 7) is 2.37. The number of methoxy groups -OCH3 is 1. The average molecular weight is 305 g/mol. The van der Waals surface area contributed by atoms with Crippen LogP contribution in [0.15, 0.2) is 24.3 Å². The van der Waals surface area contributed by atoms with E-state index in [4.69, 9.17) is 16.3 Å². The van der Waals surface area contributed by atoms with Crippen molar-refractivity contribution in [1.29, 1.82) is 0 Å². The Morgan fingerprint density at radius 2 is 2.37 bits per heavy atom. The van der Waals surface area contributed by atoms with Crippen molar-refractivity contribution in [2.75, 3.05) is 33.4 Å². The molecular weight excluding hydrogens is 287 g/mol. The fraction of sp³-hybridized carbons (Fsp3) is 0.462. The maximum Gasteiger partial charge on any atom is 0.249 e. The molecule has 0 spiro atoms. The summed E-state index contributed by atoms with van der Waals surface area (Å²) in [5.41, 5.74) is 1.05. The van der Waals surface area contributed by atoms with E-state index < -0.39 is 0 Å². The van der Waals surface area contributed by atoms with Crippen LogP contribution in [0.5, 0.6) is 0 Å². The molecular formula is C13H18Cl2N2O2. The van der Waals surface area contributed by atoms with E-state index in [1.165, 1.54) is 7.11 Å². The Balaban J connectivity index is 0.00000180. The molecule has 1 saturated heterocycles. The molecule has 2 rings (SSSR count). The van der Waals surface area contributed by atoms with Gasteiger partial charge in [0.1, 0.15) is 6.61 Å². The van der Waals surface area contributed by atoms with Crippen molar-refractivity contribution in [3.8, 4) is 0 Å². The lowest BCUT2D eigenvalue weighted by Gasteiger charge is -2.36. The lowest BCUT2D eigenvalue weighted by atomic mass is 10.0. The van der Waals surface area contributed by atoms with E-state index in [0.717, 1.165) is 18.7 Å². The van der Waals surface area contributed by atoms with Gasteiger partial charge < -0.3 is 15.0 Å². The quantitative estimate of drug-likeness (QED) is 0.927. The summed E-state index contributed by atoms with van der Waals surface area (Å²) >= 11 is 6.00. The predicted octanol–water partition coefficient (Wildman–Crippen LogP) is 1.88. The van der Waals surface area contributed by atoms with Gasteiger partial charge in [0.05, 0.1) is 6.04 Å². The second-order valence-corrected chi connectivity index (χ2v) is 4.73. The van der Waals surface area contributed by atoms with E-state index in [2.05, 4.69) is 5.32 Å². The van der Waals surface area contributed by atoms with E-state index in [9.17, 15) is 4.79 Å². The van der Waals surface area contributed by atoms with Gasteiger partial charge in [0.15, 0.2) is 0 Å². The number of nitrogens with one attached hydrogen (secondary N) is 1. The van der Waals surface area contributed by atoms with Crippen molar-refractivity contribution in [3.05, 3.63) is 34.9 Å². The van der Waals surface area contributed by atoms with Crippen LogP contribution >= 0.6 is 24.0 Å². The van der Waals surface area contributed by atoms with Gasteiger partial charge in [-0.25, -0.2) is 0 Å². The molecule has 0 radical (unpaired) electrons. The second-order valence-electron chi connectivity index (χ2n) is 4.30. The third-order valence-electron chi connectivity index (χ3n) is 3.06. The van der Waals surface area contributed by atoms with Gasteiger partial charge in [-0.15, -0.1) is 12.4 Å². The van der Waals surface area contributed by atoms with E-state index in [1.54, 1.807) is 0 Å². The number of hydrogen-bond donors (Lipinski definition) is 1. The molecule has 1 aliphatic heterocycles. The van der Waals surface area contributed by atoms with Crippen LogP contribution in [0.25, 0.3) is 0 Å². The molecule has 1 aliphatic rings. The van der Waals surface area contributed by atoms with Crippen molar-refractivity contribution in [2.45, 2.75) is 6.04 Å². The molecule has 4 nitrogen and oxygen atoms in total. The van der Waals surface area contributed by atoms with Crippen LogP contribution in [0.4, 0.5) is 0 Å². The summed E-state index contributed by atoms with van der Waals surface area (Å²) in [4.78, 5) is 13.9. The molecule has 1 atom stereocenters. The van der Waals surface area contributed by atoms with Gasteiger partial charge in [0.2, 0.25) is 5.91 Å². The van der Waals surface area contributed by atoms with E-state index in [0.29, 0.717) is 11.6 Å². The third kappa shape index (κ3) is 4.08. The molecule has 6 heteroatoms. The second kappa shape index (κ2) is 7.70. The first-order chi connectivity index (χ1) is 8.72. The van der Waals surface area contributed by atoms with Crippen molar-refractivity contribution >= 4 is 29.9 Å². The highest BCUT2D eigenvalue weighted by Crippen LogP contribution is 2.24. The standard InChI is InChI=1S/C13H17ClN2O2.ClH/c1-18-9-13(17)16-6-5-15-8-12(16)10-3-2-4-11(14)7-10;/h2-4,7,12,15H,5-6,8-9H2,1H3;1H. The van der Waals surface area contributed by atoms with Gasteiger partial charge in [-0.05, 0) is 17.7 Å². The van der Waals surface area contributed by atoms with Crippen LogP contribution in [-0.2, 0) is 9.53 Å². The zero-order valence-corrected chi connectivity index (χ0v) is 12.3. The lowest BCUT2D eigenvalue weighted by Crippen LogP contribution is -2.49. The zero-order chi connectivity index (χ0) is 13.0. The zero-order valence-electron chi connectivity index (χ0n) is 10.8. The molecule has 1 aromatic carbocycles. The fourth-order valence-electron chi connectivity index (χ4n) is 2.22. The highest BCUT2D eigenvalue weighted by molar-refractivity contribution is 6.30. The van der Waals surface area contributed by atoms with Crippen molar-refractivity contribution < 1.29 is 9.53 Å². The minimum Gasteiger partial charge on any atom is -0.375 e. The molecule has 1 amide bonds. The number of hydrogen-bond acceptors (Lipinski definition) is 3. The van der Waals surface area contributed by atoms with E-state index in [1.807, 2.05) is 29.2 Å². The molecule has 1 heterocycles. The Hall–Kier alpha value is -0.810. The van der Waals surface area contributed by atoms with Gasteiger partial charge >= 0.3 is 0 Å². The van der Waals surface area contributed by atoms with Gasteiger partial charge in [-0.3, -0.25) is 4.79 Å². The largest absolute Gasteiger partial charge is 0.375 e. The van der Waals surface area contributed by atoms with Crippen LogP contribution in [0.3, 0.4) is 0 Å². The first kappa shape index (κ1) is 16.2. The number of carbonyl (C=O) groups is 1. The van der Waals surface area contributed by atoms with Crippen LogP contribution in [0.2, 0.25) is 5.02 Å². The SMILES string of the molecule is COCC(=O)N1CCNCC1c1cccc(Cl)c1.Cl. The lowest BCUT2D eigenvalue weighted by molar-refractivity contribution is -0.138. The first-order valence-corrected chi connectivity index (χ1v) is 6.34. The van der Waals surface area contributed by atoms with E-state index >= 15 is 0 Å². The number of nitrogens with zero attached hydrogens (tertiary/aromatic N) is 1. The highest BCUT2D eigenvalue weighted by Gasteiger charge is 2.27. The Morgan fingerprint density at radius 1 is 1.58 bits per heavy atom. The minimum absolute atomic E-state index is 0. The molecule has 1 N–H and O–H groups in total. The molecule has 1 unspecified atom stereocenters. The fourth-order valence-corrected chi connectivity index (χ4v) is 2.42. The molecule has 0 bridgehead atoms. The summed E-state index contributed by atoms with van der Waals surface area (Å²) in [7, 11) is 1.54. The van der Waals surface area contributed by atoms with E-state index in [-0.39, 0.29) is 31.0 Å². The predicted molar refractivity (Wildman–Crippen MR) is 77.9 cm³/mol. The summed E-state index contributed by atoms with van der Waals surface area (Å²) in [6.07, 6.45) is 0. The number of piperazine rings is 1. The van der Waals surface area contributed by atoms with Crippen molar-refractivity contribution in [1.82, 2.24) is 10.2 Å². The number of ether oxygens (including phenoxy) is 1. The summed E-state index contributed by atoms with van der Waals surface area (Å²) in [6, 6.07) is 7.68. The van der Waals surface area contributed by atoms with Crippen LogP contribution < -0.4 is 5.32 Å². The van der Waals surface area contributed by atoms with Crippen LogP contribution in [-0.4, -0.2) is 44.2 Å². The number of benzene rings is 1. The normalized spacial score (nSPS) is 18.8. The smallest absolute Gasteiger partial charge is 0.249 e. The van der Waals surface area contributed by atoms with Gasteiger partial charge in [0, 0.05) is 31.8 Å². The molecule has 0 aromatic heterocycles. The minimum atomic E-state index is 0.